The van der Waals surface area contributed by atoms with Crippen molar-refractivity contribution in [3.8, 4) is 11.1 Å². The molecule has 3 rings (SSSR count). The zero-order valence-corrected chi connectivity index (χ0v) is 13.8. The molecule has 1 amide bonds. The van der Waals surface area contributed by atoms with E-state index < -0.39 is 6.09 Å². The van der Waals surface area contributed by atoms with Crippen molar-refractivity contribution in [1.29, 1.82) is 0 Å². The lowest BCUT2D eigenvalue weighted by Crippen LogP contribution is -2.10. The summed E-state index contributed by atoms with van der Waals surface area (Å²) in [5, 5.41) is 6.09. The summed E-state index contributed by atoms with van der Waals surface area (Å²) in [5.41, 5.74) is 3.66. The molecule has 0 radical (unpaired) electrons. The Hall–Kier alpha value is -3.54. The number of nitrogens with one attached hydrogen (secondary N) is 1. The Morgan fingerprint density at radius 2 is 1.65 bits per heavy atom. The van der Waals surface area contributed by atoms with Gasteiger partial charge in [-0.2, -0.15) is 0 Å². The van der Waals surface area contributed by atoms with Crippen molar-refractivity contribution in [2.75, 3.05) is 5.32 Å². The van der Waals surface area contributed by atoms with Gasteiger partial charge < -0.3 is 0 Å². The van der Waals surface area contributed by atoms with Crippen LogP contribution in [0.15, 0.2) is 78.2 Å². The molecule has 0 unspecified atom stereocenters. The highest BCUT2D eigenvalue weighted by Crippen LogP contribution is 2.18. The number of pyridine rings is 1. The molecule has 2 aromatic carbocycles. The van der Waals surface area contributed by atoms with Crippen LogP contribution in [0.5, 0.6) is 0 Å². The zero-order chi connectivity index (χ0) is 18.2. The van der Waals surface area contributed by atoms with Gasteiger partial charge in [0.2, 0.25) is 0 Å². The molecule has 3 aromatic rings. The van der Waals surface area contributed by atoms with Gasteiger partial charge in [0.15, 0.2) is 0 Å². The number of amides is 1. The molecule has 1 heterocycles. The number of carbonyl (C=O) groups excluding carboxylic acids is 1. The molecule has 1 aromatic heterocycles. The molecule has 0 aliphatic carbocycles. The fourth-order valence-electron chi connectivity index (χ4n) is 2.28. The third kappa shape index (κ3) is 4.98. The summed E-state index contributed by atoms with van der Waals surface area (Å²) < 4.78 is 12.8. The van der Waals surface area contributed by atoms with E-state index >= 15 is 0 Å². The molecule has 5 nitrogen and oxygen atoms in total. The standard InChI is InChI=1S/C20H16FN3O2/c21-18-5-7-19(8-6-18)24-20(25)26-23-14-9-15-1-3-16(4-2-15)17-10-12-22-13-11-17/h1-8,10-14H,9H2,(H,24,25). The van der Waals surface area contributed by atoms with Gasteiger partial charge in [0, 0.05) is 30.7 Å². The van der Waals surface area contributed by atoms with Crippen molar-refractivity contribution in [2.45, 2.75) is 6.42 Å². The maximum atomic E-state index is 12.8. The van der Waals surface area contributed by atoms with Crippen LogP contribution in [0, 0.1) is 5.82 Å². The molecule has 130 valence electrons. The van der Waals surface area contributed by atoms with E-state index in [1.54, 1.807) is 12.4 Å². The van der Waals surface area contributed by atoms with Gasteiger partial charge in [0.05, 0.1) is 0 Å². The number of halogens is 1. The van der Waals surface area contributed by atoms with Gasteiger partial charge in [-0.25, -0.2) is 9.18 Å². The summed E-state index contributed by atoms with van der Waals surface area (Å²) in [7, 11) is 0. The minimum absolute atomic E-state index is 0.378. The molecule has 0 saturated heterocycles. The summed E-state index contributed by atoms with van der Waals surface area (Å²) in [4.78, 5) is 20.3. The number of carbonyl (C=O) groups is 1. The molecule has 1 N–H and O–H groups in total. The van der Waals surface area contributed by atoms with Crippen LogP contribution in [-0.4, -0.2) is 17.3 Å². The molecule has 0 atom stereocenters. The number of aromatic nitrogens is 1. The lowest BCUT2D eigenvalue weighted by Gasteiger charge is -2.03. The Kier molecular flexibility index (Phi) is 5.67. The van der Waals surface area contributed by atoms with Crippen LogP contribution in [0.25, 0.3) is 11.1 Å². The van der Waals surface area contributed by atoms with E-state index in [4.69, 9.17) is 4.84 Å². The highest BCUT2D eigenvalue weighted by Gasteiger charge is 2.02. The second-order valence-corrected chi connectivity index (χ2v) is 5.44. The Morgan fingerprint density at radius 1 is 1.00 bits per heavy atom. The average Bonchev–Trinajstić information content (AvgIpc) is 2.68. The van der Waals surface area contributed by atoms with Gasteiger partial charge in [0.25, 0.3) is 0 Å². The monoisotopic (exact) mass is 349 g/mol. The van der Waals surface area contributed by atoms with Crippen LogP contribution in [0.3, 0.4) is 0 Å². The molecule has 0 aliphatic rings. The first kappa shape index (κ1) is 17.3. The quantitative estimate of drug-likeness (QED) is 0.414. The largest absolute Gasteiger partial charge is 0.437 e. The number of oxime groups is 1. The van der Waals surface area contributed by atoms with Crippen molar-refractivity contribution in [3.05, 3.63) is 84.4 Å². The molecule has 0 saturated carbocycles. The van der Waals surface area contributed by atoms with Crippen molar-refractivity contribution < 1.29 is 14.0 Å². The van der Waals surface area contributed by atoms with Crippen LogP contribution in [-0.2, 0) is 11.3 Å². The van der Waals surface area contributed by atoms with Crippen molar-refractivity contribution in [1.82, 2.24) is 4.98 Å². The topological polar surface area (TPSA) is 63.6 Å². The van der Waals surface area contributed by atoms with E-state index in [1.165, 1.54) is 30.5 Å². The molecular weight excluding hydrogens is 333 g/mol. The van der Waals surface area contributed by atoms with E-state index in [1.807, 2.05) is 36.4 Å². The van der Waals surface area contributed by atoms with E-state index in [0.717, 1.165) is 16.7 Å². The Labute approximate surface area is 150 Å². The number of rotatable bonds is 5. The van der Waals surface area contributed by atoms with Gasteiger partial charge in [-0.3, -0.25) is 15.1 Å². The van der Waals surface area contributed by atoms with Crippen molar-refractivity contribution >= 4 is 18.0 Å². The first-order valence-electron chi connectivity index (χ1n) is 7.95. The smallest absolute Gasteiger partial charge is 0.298 e. The molecule has 0 spiro atoms. The lowest BCUT2D eigenvalue weighted by molar-refractivity contribution is 0.167. The maximum absolute atomic E-state index is 12.8. The zero-order valence-electron chi connectivity index (χ0n) is 13.8. The maximum Gasteiger partial charge on any atom is 0.437 e. The lowest BCUT2D eigenvalue weighted by atomic mass is 10.0. The number of hydrogen-bond donors (Lipinski definition) is 1. The molecular formula is C20H16FN3O2. The minimum atomic E-state index is -0.735. The number of nitrogens with zero attached hydrogens (tertiary/aromatic N) is 2. The summed E-state index contributed by atoms with van der Waals surface area (Å²) in [6.07, 6.45) is 4.81. The summed E-state index contributed by atoms with van der Waals surface area (Å²) >= 11 is 0. The second kappa shape index (κ2) is 8.53. The highest BCUT2D eigenvalue weighted by molar-refractivity contribution is 5.84. The SMILES string of the molecule is O=C(Nc1ccc(F)cc1)ON=CCc1ccc(-c2ccncc2)cc1. The Balaban J connectivity index is 1.47. The molecule has 6 heteroatoms. The fourth-order valence-corrected chi connectivity index (χ4v) is 2.28. The van der Waals surface area contributed by atoms with Crippen LogP contribution in [0.4, 0.5) is 14.9 Å². The van der Waals surface area contributed by atoms with Gasteiger partial charge in [0.1, 0.15) is 5.82 Å². The van der Waals surface area contributed by atoms with E-state index in [0.29, 0.717) is 12.1 Å². The van der Waals surface area contributed by atoms with Crippen LogP contribution in [0.2, 0.25) is 0 Å². The first-order valence-corrected chi connectivity index (χ1v) is 7.95. The fraction of sp³-hybridized carbons (Fsp3) is 0.0500. The van der Waals surface area contributed by atoms with Gasteiger partial charge in [-0.15, -0.1) is 0 Å². The third-order valence-electron chi connectivity index (χ3n) is 3.60. The normalized spacial score (nSPS) is 10.7. The second-order valence-electron chi connectivity index (χ2n) is 5.44. The van der Waals surface area contributed by atoms with Gasteiger partial charge in [-0.05, 0) is 53.1 Å². The molecule has 0 fully saturated rings. The predicted octanol–water partition coefficient (Wildman–Crippen LogP) is 4.66. The molecule has 0 aliphatic heterocycles. The molecule has 26 heavy (non-hydrogen) atoms. The number of anilines is 1. The summed E-state index contributed by atoms with van der Waals surface area (Å²) in [6.45, 7) is 0. The van der Waals surface area contributed by atoms with E-state index in [2.05, 4.69) is 15.5 Å². The average molecular weight is 349 g/mol. The van der Waals surface area contributed by atoms with Crippen LogP contribution in [0.1, 0.15) is 5.56 Å². The summed E-state index contributed by atoms with van der Waals surface area (Å²) in [6, 6.07) is 17.3. The first-order chi connectivity index (χ1) is 12.7. The van der Waals surface area contributed by atoms with Gasteiger partial charge in [-0.1, -0.05) is 29.4 Å². The van der Waals surface area contributed by atoms with Crippen molar-refractivity contribution in [3.63, 3.8) is 0 Å². The number of hydrogen-bond acceptors (Lipinski definition) is 4. The highest BCUT2D eigenvalue weighted by atomic mass is 19.1. The predicted molar refractivity (Wildman–Crippen MR) is 98.4 cm³/mol. The van der Waals surface area contributed by atoms with Gasteiger partial charge >= 0.3 is 6.09 Å². The Morgan fingerprint density at radius 3 is 2.35 bits per heavy atom. The van der Waals surface area contributed by atoms with Crippen LogP contribution < -0.4 is 5.32 Å². The Bertz CT molecular complexity index is 879. The van der Waals surface area contributed by atoms with E-state index in [9.17, 15) is 9.18 Å². The molecule has 0 bridgehead atoms. The van der Waals surface area contributed by atoms with Crippen LogP contribution >= 0.6 is 0 Å². The third-order valence-corrected chi connectivity index (χ3v) is 3.60. The minimum Gasteiger partial charge on any atom is -0.298 e. The van der Waals surface area contributed by atoms with E-state index in [-0.39, 0.29) is 5.82 Å². The summed E-state index contributed by atoms with van der Waals surface area (Å²) in [5.74, 6) is -0.378. The number of benzene rings is 2. The van der Waals surface area contributed by atoms with Crippen molar-refractivity contribution in [2.24, 2.45) is 5.16 Å².